The van der Waals surface area contributed by atoms with Crippen LogP contribution in [-0.4, -0.2) is 18.0 Å². The van der Waals surface area contributed by atoms with Crippen molar-refractivity contribution in [3.05, 3.63) is 60.6 Å². The van der Waals surface area contributed by atoms with Crippen LogP contribution < -0.4 is 14.9 Å². The molecule has 4 heterocycles. The van der Waals surface area contributed by atoms with Crippen LogP contribution in [0.15, 0.2) is 68.9 Å². The van der Waals surface area contributed by atoms with Crippen molar-refractivity contribution in [2.24, 2.45) is 5.10 Å². The largest absolute Gasteiger partial charge is 0.463 e. The molecule has 8 heteroatoms. The van der Waals surface area contributed by atoms with Gasteiger partial charge in [-0.25, -0.2) is 4.98 Å². The van der Waals surface area contributed by atoms with E-state index in [1.54, 1.807) is 18.7 Å². The van der Waals surface area contributed by atoms with Crippen LogP contribution in [0.25, 0.3) is 22.1 Å². The lowest BCUT2D eigenvalue weighted by atomic mass is 10.2. The molecule has 134 valence electrons. The second-order valence-corrected chi connectivity index (χ2v) is 6.63. The highest BCUT2D eigenvalue weighted by molar-refractivity contribution is 7.19. The number of fused-ring (bicyclic) bond motifs is 1. The van der Waals surface area contributed by atoms with Crippen LogP contribution in [0.5, 0.6) is 11.5 Å². The summed E-state index contributed by atoms with van der Waals surface area (Å²) in [5.41, 5.74) is 4.57. The van der Waals surface area contributed by atoms with E-state index in [0.717, 1.165) is 22.0 Å². The number of hydrazone groups is 1. The Bertz CT molecular complexity index is 1030. The third-order valence-electron chi connectivity index (χ3n) is 3.90. The molecule has 1 aliphatic rings. The fourth-order valence-corrected chi connectivity index (χ4v) is 3.57. The van der Waals surface area contributed by atoms with Crippen LogP contribution in [0.2, 0.25) is 0 Å². The topological polar surface area (TPSA) is 82.0 Å². The first-order valence-corrected chi connectivity index (χ1v) is 8.96. The second-order valence-electron chi connectivity index (χ2n) is 5.63. The van der Waals surface area contributed by atoms with Gasteiger partial charge in [-0.1, -0.05) is 11.3 Å². The first kappa shape index (κ1) is 15.7. The summed E-state index contributed by atoms with van der Waals surface area (Å²) in [7, 11) is 0. The van der Waals surface area contributed by atoms with Crippen molar-refractivity contribution in [2.45, 2.75) is 0 Å². The number of thiazole rings is 1. The number of aromatic nitrogens is 1. The number of hydrogen-bond donors (Lipinski definition) is 1. The Kier molecular flexibility index (Phi) is 3.87. The minimum Gasteiger partial charge on any atom is -0.463 e. The average Bonchev–Trinajstić information content (AvgIpc) is 3.47. The Labute approximate surface area is 157 Å². The Morgan fingerprint density at radius 1 is 1.00 bits per heavy atom. The van der Waals surface area contributed by atoms with Crippen molar-refractivity contribution in [2.75, 3.05) is 12.2 Å². The van der Waals surface area contributed by atoms with Gasteiger partial charge in [0.1, 0.15) is 16.3 Å². The summed E-state index contributed by atoms with van der Waals surface area (Å²) in [6.07, 6.45) is 4.94. The molecule has 0 spiro atoms. The summed E-state index contributed by atoms with van der Waals surface area (Å²) < 4.78 is 21.7. The molecule has 0 amide bonds. The maximum absolute atomic E-state index is 5.52. The zero-order valence-corrected chi connectivity index (χ0v) is 14.7. The van der Waals surface area contributed by atoms with Crippen LogP contribution in [0.1, 0.15) is 5.56 Å². The summed E-state index contributed by atoms with van der Waals surface area (Å²) >= 11 is 1.44. The number of furan rings is 2. The molecule has 4 aromatic rings. The lowest BCUT2D eigenvalue weighted by molar-refractivity contribution is 0.174. The van der Waals surface area contributed by atoms with Crippen LogP contribution in [-0.2, 0) is 0 Å². The van der Waals surface area contributed by atoms with Crippen molar-refractivity contribution >= 4 is 22.7 Å². The molecule has 5 rings (SSSR count). The van der Waals surface area contributed by atoms with Gasteiger partial charge in [0, 0.05) is 0 Å². The molecular formula is C19H13N3O4S. The van der Waals surface area contributed by atoms with Gasteiger partial charge in [-0.2, -0.15) is 5.10 Å². The number of nitrogens with zero attached hydrogens (tertiary/aromatic N) is 2. The van der Waals surface area contributed by atoms with Gasteiger partial charge in [-0.15, -0.1) is 0 Å². The van der Waals surface area contributed by atoms with E-state index in [1.807, 2.05) is 42.5 Å². The number of benzene rings is 1. The van der Waals surface area contributed by atoms with E-state index in [2.05, 4.69) is 15.5 Å². The molecule has 7 nitrogen and oxygen atoms in total. The third kappa shape index (κ3) is 3.06. The lowest BCUT2D eigenvalue weighted by Gasteiger charge is -1.97. The number of rotatable bonds is 5. The van der Waals surface area contributed by atoms with Crippen LogP contribution in [0.3, 0.4) is 0 Å². The maximum Gasteiger partial charge on any atom is 0.231 e. The predicted molar refractivity (Wildman–Crippen MR) is 101 cm³/mol. The van der Waals surface area contributed by atoms with Crippen LogP contribution in [0, 0.1) is 0 Å². The third-order valence-corrected chi connectivity index (χ3v) is 4.87. The summed E-state index contributed by atoms with van der Waals surface area (Å²) in [6.45, 7) is 0.248. The second kappa shape index (κ2) is 6.65. The van der Waals surface area contributed by atoms with Gasteiger partial charge in [-0.05, 0) is 48.0 Å². The molecule has 1 N–H and O–H groups in total. The first-order chi connectivity index (χ1) is 13.4. The number of anilines is 1. The van der Waals surface area contributed by atoms with E-state index in [-0.39, 0.29) is 6.79 Å². The fourth-order valence-electron chi connectivity index (χ4n) is 2.68. The molecule has 1 aliphatic heterocycles. The van der Waals surface area contributed by atoms with Gasteiger partial charge in [0.2, 0.25) is 11.9 Å². The Balaban J connectivity index is 1.40. The van der Waals surface area contributed by atoms with E-state index >= 15 is 0 Å². The molecule has 0 aliphatic carbocycles. The molecular weight excluding hydrogens is 366 g/mol. The molecule has 0 fully saturated rings. The highest BCUT2D eigenvalue weighted by Gasteiger charge is 2.18. The SMILES string of the molecule is C(=N/Nc1nc(-c2ccco2)c(-c2ccco2)s1)/c1ccc2c(c1)OCO2. The Morgan fingerprint density at radius 2 is 1.81 bits per heavy atom. The molecule has 1 aromatic carbocycles. The molecule has 0 radical (unpaired) electrons. The first-order valence-electron chi connectivity index (χ1n) is 8.14. The standard InChI is InChI=1S/C19H13N3O4S/c1-3-14(23-7-1)17-18(15-4-2-8-24-15)27-19(21-17)22-20-10-12-5-6-13-16(9-12)26-11-25-13/h1-10H,11H2,(H,21,22)/b20-10-. The fraction of sp³-hybridized carbons (Fsp3) is 0.0526. The van der Waals surface area contributed by atoms with Crippen molar-refractivity contribution < 1.29 is 18.3 Å². The summed E-state index contributed by atoms with van der Waals surface area (Å²) in [5, 5.41) is 4.90. The van der Waals surface area contributed by atoms with Gasteiger partial charge >= 0.3 is 0 Å². The van der Waals surface area contributed by atoms with Crippen molar-refractivity contribution in [1.82, 2.24) is 4.98 Å². The minimum absolute atomic E-state index is 0.248. The van der Waals surface area contributed by atoms with Gasteiger partial charge < -0.3 is 18.3 Å². The molecule has 0 saturated carbocycles. The van der Waals surface area contributed by atoms with E-state index in [4.69, 9.17) is 18.3 Å². The van der Waals surface area contributed by atoms with Crippen LogP contribution >= 0.6 is 11.3 Å². The number of nitrogens with one attached hydrogen (secondary N) is 1. The summed E-state index contributed by atoms with van der Waals surface area (Å²) in [5.74, 6) is 2.86. The monoisotopic (exact) mass is 379 g/mol. The quantitative estimate of drug-likeness (QED) is 0.395. The number of hydrogen-bond acceptors (Lipinski definition) is 8. The molecule has 0 atom stereocenters. The van der Waals surface area contributed by atoms with Crippen LogP contribution in [0.4, 0.5) is 5.13 Å². The van der Waals surface area contributed by atoms with E-state index in [9.17, 15) is 0 Å². The van der Waals surface area contributed by atoms with Gasteiger partial charge in [0.05, 0.1) is 18.7 Å². The van der Waals surface area contributed by atoms with Crippen molar-refractivity contribution in [1.29, 1.82) is 0 Å². The van der Waals surface area contributed by atoms with Crippen molar-refractivity contribution in [3.63, 3.8) is 0 Å². The Hall–Kier alpha value is -3.52. The van der Waals surface area contributed by atoms with Gasteiger partial charge in [-0.3, -0.25) is 5.43 Å². The average molecular weight is 379 g/mol. The van der Waals surface area contributed by atoms with Gasteiger partial charge in [0.25, 0.3) is 0 Å². The molecule has 0 saturated heterocycles. The van der Waals surface area contributed by atoms with Gasteiger partial charge in [0.15, 0.2) is 17.3 Å². The van der Waals surface area contributed by atoms with Crippen molar-refractivity contribution in [3.8, 4) is 33.6 Å². The molecule has 27 heavy (non-hydrogen) atoms. The summed E-state index contributed by atoms with van der Waals surface area (Å²) in [6, 6.07) is 13.1. The highest BCUT2D eigenvalue weighted by atomic mass is 32.1. The highest BCUT2D eigenvalue weighted by Crippen LogP contribution is 2.39. The van der Waals surface area contributed by atoms with E-state index in [0.29, 0.717) is 22.3 Å². The lowest BCUT2D eigenvalue weighted by Crippen LogP contribution is -1.93. The molecule has 0 bridgehead atoms. The number of ether oxygens (including phenoxy) is 2. The maximum atomic E-state index is 5.52. The zero-order valence-electron chi connectivity index (χ0n) is 13.9. The van der Waals surface area contributed by atoms with E-state index in [1.165, 1.54) is 11.3 Å². The summed E-state index contributed by atoms with van der Waals surface area (Å²) in [4.78, 5) is 5.46. The minimum atomic E-state index is 0.248. The molecule has 3 aromatic heterocycles. The Morgan fingerprint density at radius 3 is 2.63 bits per heavy atom. The zero-order chi connectivity index (χ0) is 18.1. The smallest absolute Gasteiger partial charge is 0.231 e. The normalized spacial score (nSPS) is 12.7. The molecule has 0 unspecified atom stereocenters. The van der Waals surface area contributed by atoms with E-state index < -0.39 is 0 Å². The predicted octanol–water partition coefficient (Wildman–Crippen LogP) is 4.84.